The molecule has 1 aromatic heterocycles. The molecule has 1 aromatic carbocycles. The van der Waals surface area contributed by atoms with Crippen molar-refractivity contribution in [2.45, 2.75) is 13.5 Å². The highest BCUT2D eigenvalue weighted by Crippen LogP contribution is 2.26. The van der Waals surface area contributed by atoms with E-state index in [4.69, 9.17) is 16.3 Å². The molecule has 0 saturated heterocycles. The van der Waals surface area contributed by atoms with E-state index in [9.17, 15) is 4.39 Å². The molecule has 112 valence electrons. The number of ether oxygens (including phenoxy) is 1. The molecular formula is C14H16ClFN4O. The standard InChI is InChI=1S/C14H16ClFN4O/c1-3-21-8-14-19-12(17-2)7-13(20-14)18-11-6-9(16)4-5-10(11)15/h4-7H,3,8H2,1-2H3,(H2,17,18,19,20). The Hall–Kier alpha value is -1.92. The molecule has 0 spiro atoms. The molecule has 7 heteroatoms. The molecular weight excluding hydrogens is 295 g/mol. The van der Waals surface area contributed by atoms with Gasteiger partial charge in [-0.05, 0) is 25.1 Å². The predicted molar refractivity (Wildman–Crippen MR) is 81.6 cm³/mol. The topological polar surface area (TPSA) is 59.1 Å². The smallest absolute Gasteiger partial charge is 0.158 e. The molecule has 0 aliphatic rings. The van der Waals surface area contributed by atoms with Crippen LogP contribution in [0.1, 0.15) is 12.7 Å². The Morgan fingerprint density at radius 3 is 2.71 bits per heavy atom. The lowest BCUT2D eigenvalue weighted by atomic mass is 10.3. The summed E-state index contributed by atoms with van der Waals surface area (Å²) in [5.74, 6) is 1.30. The maximum Gasteiger partial charge on any atom is 0.158 e. The zero-order chi connectivity index (χ0) is 15.2. The normalized spacial score (nSPS) is 10.5. The third kappa shape index (κ3) is 4.27. The summed E-state index contributed by atoms with van der Waals surface area (Å²) < 4.78 is 18.6. The number of hydrogen-bond acceptors (Lipinski definition) is 5. The van der Waals surface area contributed by atoms with Crippen LogP contribution in [-0.4, -0.2) is 23.6 Å². The fraction of sp³-hybridized carbons (Fsp3) is 0.286. The lowest BCUT2D eigenvalue weighted by Crippen LogP contribution is -2.05. The maximum absolute atomic E-state index is 13.3. The minimum Gasteiger partial charge on any atom is -0.374 e. The molecule has 0 bridgehead atoms. The summed E-state index contributed by atoms with van der Waals surface area (Å²) in [4.78, 5) is 8.59. The molecule has 0 aliphatic carbocycles. The largest absolute Gasteiger partial charge is 0.374 e. The average molecular weight is 311 g/mol. The third-order valence-corrected chi connectivity index (χ3v) is 2.98. The zero-order valence-electron chi connectivity index (χ0n) is 11.8. The van der Waals surface area contributed by atoms with Crippen molar-refractivity contribution >= 4 is 28.9 Å². The minimum atomic E-state index is -0.376. The van der Waals surface area contributed by atoms with Crippen LogP contribution < -0.4 is 10.6 Å². The van der Waals surface area contributed by atoms with Crippen molar-refractivity contribution in [3.63, 3.8) is 0 Å². The Balaban J connectivity index is 2.27. The average Bonchev–Trinajstić information content (AvgIpc) is 2.48. The molecule has 2 aromatic rings. The lowest BCUT2D eigenvalue weighted by molar-refractivity contribution is 0.128. The summed E-state index contributed by atoms with van der Waals surface area (Å²) in [5.41, 5.74) is 0.444. The molecule has 0 radical (unpaired) electrons. The number of nitrogens with one attached hydrogen (secondary N) is 2. The van der Waals surface area contributed by atoms with Gasteiger partial charge >= 0.3 is 0 Å². The van der Waals surface area contributed by atoms with Crippen molar-refractivity contribution < 1.29 is 9.13 Å². The van der Waals surface area contributed by atoms with Gasteiger partial charge in [0.1, 0.15) is 24.1 Å². The lowest BCUT2D eigenvalue weighted by Gasteiger charge is -2.11. The Morgan fingerprint density at radius 1 is 1.24 bits per heavy atom. The van der Waals surface area contributed by atoms with Gasteiger partial charge in [-0.3, -0.25) is 0 Å². The number of anilines is 3. The highest BCUT2D eigenvalue weighted by atomic mass is 35.5. The van der Waals surface area contributed by atoms with Crippen molar-refractivity contribution in [2.75, 3.05) is 24.3 Å². The van der Waals surface area contributed by atoms with E-state index in [0.717, 1.165) is 0 Å². The van der Waals surface area contributed by atoms with Crippen LogP contribution in [-0.2, 0) is 11.3 Å². The molecule has 2 N–H and O–H groups in total. The summed E-state index contributed by atoms with van der Waals surface area (Å²) in [6.07, 6.45) is 0. The molecule has 0 fully saturated rings. The van der Waals surface area contributed by atoms with E-state index in [1.54, 1.807) is 13.1 Å². The second-order valence-corrected chi connectivity index (χ2v) is 4.60. The monoisotopic (exact) mass is 310 g/mol. The van der Waals surface area contributed by atoms with Gasteiger partial charge in [0.15, 0.2) is 5.82 Å². The van der Waals surface area contributed by atoms with E-state index in [0.29, 0.717) is 41.4 Å². The van der Waals surface area contributed by atoms with Crippen LogP contribution in [0.2, 0.25) is 5.02 Å². The molecule has 1 heterocycles. The first-order valence-corrected chi connectivity index (χ1v) is 6.85. The van der Waals surface area contributed by atoms with Gasteiger partial charge < -0.3 is 15.4 Å². The molecule has 21 heavy (non-hydrogen) atoms. The van der Waals surface area contributed by atoms with Gasteiger partial charge in [0.2, 0.25) is 0 Å². The van der Waals surface area contributed by atoms with Gasteiger partial charge in [-0.2, -0.15) is 0 Å². The first-order chi connectivity index (χ1) is 10.1. The first kappa shape index (κ1) is 15.5. The van der Waals surface area contributed by atoms with Gasteiger partial charge in [0.25, 0.3) is 0 Å². The van der Waals surface area contributed by atoms with Crippen molar-refractivity contribution in [1.29, 1.82) is 0 Å². The van der Waals surface area contributed by atoms with E-state index in [2.05, 4.69) is 20.6 Å². The summed E-state index contributed by atoms with van der Waals surface area (Å²) in [6, 6.07) is 5.80. The van der Waals surface area contributed by atoms with Crippen LogP contribution in [0.5, 0.6) is 0 Å². The van der Waals surface area contributed by atoms with Crippen LogP contribution in [0.15, 0.2) is 24.3 Å². The van der Waals surface area contributed by atoms with Crippen molar-refractivity contribution in [3.8, 4) is 0 Å². The van der Waals surface area contributed by atoms with E-state index in [1.165, 1.54) is 18.2 Å². The Kier molecular flexibility index (Phi) is 5.30. The number of rotatable bonds is 6. The number of hydrogen-bond donors (Lipinski definition) is 2. The van der Waals surface area contributed by atoms with Gasteiger partial charge in [-0.1, -0.05) is 11.6 Å². The molecule has 2 rings (SSSR count). The quantitative estimate of drug-likeness (QED) is 0.854. The SMILES string of the molecule is CCOCc1nc(NC)cc(Nc2cc(F)ccc2Cl)n1. The highest BCUT2D eigenvalue weighted by Gasteiger charge is 2.07. The second-order valence-electron chi connectivity index (χ2n) is 4.19. The molecule has 0 unspecified atom stereocenters. The van der Waals surface area contributed by atoms with Crippen LogP contribution in [0, 0.1) is 5.82 Å². The molecule has 0 atom stereocenters. The minimum absolute atomic E-state index is 0.303. The molecule has 5 nitrogen and oxygen atoms in total. The Labute approximate surface area is 127 Å². The van der Waals surface area contributed by atoms with Crippen molar-refractivity contribution in [1.82, 2.24) is 9.97 Å². The van der Waals surface area contributed by atoms with Crippen LogP contribution >= 0.6 is 11.6 Å². The summed E-state index contributed by atoms with van der Waals surface area (Å²) >= 11 is 6.03. The van der Waals surface area contributed by atoms with Crippen molar-refractivity contribution in [3.05, 3.63) is 40.9 Å². The molecule has 0 aliphatic heterocycles. The van der Waals surface area contributed by atoms with E-state index in [-0.39, 0.29) is 5.82 Å². The summed E-state index contributed by atoms with van der Waals surface area (Å²) in [6.45, 7) is 2.77. The van der Waals surface area contributed by atoms with E-state index < -0.39 is 0 Å². The van der Waals surface area contributed by atoms with Crippen LogP contribution in [0.25, 0.3) is 0 Å². The molecule has 0 saturated carbocycles. The van der Waals surface area contributed by atoms with E-state index >= 15 is 0 Å². The summed E-state index contributed by atoms with van der Waals surface area (Å²) in [5, 5.41) is 6.34. The second kappa shape index (κ2) is 7.19. The van der Waals surface area contributed by atoms with Crippen molar-refractivity contribution in [2.24, 2.45) is 0 Å². The Bertz CT molecular complexity index is 624. The number of nitrogens with zero attached hydrogens (tertiary/aromatic N) is 2. The summed E-state index contributed by atoms with van der Waals surface area (Å²) in [7, 11) is 1.76. The van der Waals surface area contributed by atoms with Gasteiger partial charge in [-0.15, -0.1) is 0 Å². The van der Waals surface area contributed by atoms with Gasteiger partial charge in [0.05, 0.1) is 10.7 Å². The number of benzene rings is 1. The number of halogens is 2. The van der Waals surface area contributed by atoms with Crippen LogP contribution in [0.4, 0.5) is 21.7 Å². The fourth-order valence-electron chi connectivity index (χ4n) is 1.68. The third-order valence-electron chi connectivity index (χ3n) is 2.66. The van der Waals surface area contributed by atoms with Gasteiger partial charge in [-0.25, -0.2) is 14.4 Å². The maximum atomic E-state index is 13.3. The zero-order valence-corrected chi connectivity index (χ0v) is 12.5. The van der Waals surface area contributed by atoms with E-state index in [1.807, 2.05) is 6.92 Å². The fourth-order valence-corrected chi connectivity index (χ4v) is 1.84. The molecule has 0 amide bonds. The predicted octanol–water partition coefficient (Wildman–Crippen LogP) is 3.59. The number of aromatic nitrogens is 2. The first-order valence-electron chi connectivity index (χ1n) is 6.48. The Morgan fingerprint density at radius 2 is 2.00 bits per heavy atom. The van der Waals surface area contributed by atoms with Gasteiger partial charge in [0, 0.05) is 19.7 Å². The van der Waals surface area contributed by atoms with Crippen LogP contribution in [0.3, 0.4) is 0 Å². The highest BCUT2D eigenvalue weighted by molar-refractivity contribution is 6.33.